The van der Waals surface area contributed by atoms with Gasteiger partial charge in [0, 0.05) is 0 Å². The first-order valence-electron chi connectivity index (χ1n) is 5.93. The van der Waals surface area contributed by atoms with Crippen LogP contribution in [-0.2, 0) is 10.0 Å². The van der Waals surface area contributed by atoms with Gasteiger partial charge in [0.2, 0.25) is 10.0 Å². The van der Waals surface area contributed by atoms with E-state index >= 15 is 0 Å². The number of hydrogen-bond donors (Lipinski definition) is 1. The topological polar surface area (TPSA) is 63.2 Å². The summed E-state index contributed by atoms with van der Waals surface area (Å²) in [4.78, 5) is 11.6. The highest BCUT2D eigenvalue weighted by atomic mass is 32.2. The van der Waals surface area contributed by atoms with Gasteiger partial charge in [0.15, 0.2) is 5.78 Å². The molecule has 0 aliphatic rings. The molecule has 0 aliphatic carbocycles. The number of halogens is 2. The normalized spacial score (nSPS) is 11.3. The van der Waals surface area contributed by atoms with Crippen molar-refractivity contribution in [3.8, 4) is 0 Å². The Labute approximate surface area is 120 Å². The highest BCUT2D eigenvalue weighted by Gasteiger charge is 2.17. The predicted molar refractivity (Wildman–Crippen MR) is 72.3 cm³/mol. The number of benzene rings is 2. The Hall–Kier alpha value is -2.12. The first kappa shape index (κ1) is 15.3. The van der Waals surface area contributed by atoms with E-state index in [9.17, 15) is 22.0 Å². The van der Waals surface area contributed by atoms with Gasteiger partial charge >= 0.3 is 0 Å². The van der Waals surface area contributed by atoms with Crippen LogP contribution in [-0.4, -0.2) is 20.7 Å². The quantitative estimate of drug-likeness (QED) is 0.860. The van der Waals surface area contributed by atoms with E-state index in [-0.39, 0.29) is 10.5 Å². The van der Waals surface area contributed by atoms with E-state index in [0.29, 0.717) is 0 Å². The highest BCUT2D eigenvalue weighted by Crippen LogP contribution is 2.10. The van der Waals surface area contributed by atoms with Crippen molar-refractivity contribution >= 4 is 15.8 Å². The summed E-state index contributed by atoms with van der Waals surface area (Å²) in [5.74, 6) is -1.99. The maximum atomic E-state index is 13.4. The molecule has 0 amide bonds. The molecule has 0 aromatic heterocycles. The van der Waals surface area contributed by atoms with Crippen LogP contribution in [0, 0.1) is 11.6 Å². The molecule has 0 heterocycles. The van der Waals surface area contributed by atoms with Gasteiger partial charge in [-0.05, 0) is 36.4 Å². The summed E-state index contributed by atoms with van der Waals surface area (Å²) in [6.07, 6.45) is 0. The lowest BCUT2D eigenvalue weighted by molar-refractivity contribution is 0.0993. The lowest BCUT2D eigenvalue weighted by Gasteiger charge is -2.06. The molecule has 4 nitrogen and oxygen atoms in total. The molecule has 21 heavy (non-hydrogen) atoms. The van der Waals surface area contributed by atoms with Crippen molar-refractivity contribution in [3.05, 3.63) is 65.7 Å². The fourth-order valence-electron chi connectivity index (χ4n) is 1.64. The van der Waals surface area contributed by atoms with Crippen LogP contribution < -0.4 is 4.72 Å². The fraction of sp³-hybridized carbons (Fsp3) is 0.0714. The molecule has 2 aromatic carbocycles. The Bertz CT molecular complexity index is 758. The molecule has 0 radical (unpaired) electrons. The van der Waals surface area contributed by atoms with E-state index in [1.165, 1.54) is 18.2 Å². The van der Waals surface area contributed by atoms with E-state index in [2.05, 4.69) is 4.72 Å². The second-order valence-electron chi connectivity index (χ2n) is 4.18. The van der Waals surface area contributed by atoms with Crippen LogP contribution in [0.4, 0.5) is 8.78 Å². The Balaban J connectivity index is 2.10. The van der Waals surface area contributed by atoms with E-state index in [1.807, 2.05) is 0 Å². The van der Waals surface area contributed by atoms with E-state index in [1.54, 1.807) is 0 Å². The van der Waals surface area contributed by atoms with Gasteiger partial charge in [0.1, 0.15) is 11.6 Å². The zero-order chi connectivity index (χ0) is 15.5. The molecule has 0 aliphatic heterocycles. The maximum Gasteiger partial charge on any atom is 0.240 e. The number of Topliss-reactive ketones (excluding diaryl/α,β-unsaturated/α-hetero) is 1. The van der Waals surface area contributed by atoms with Gasteiger partial charge in [0.25, 0.3) is 0 Å². The first-order chi connectivity index (χ1) is 9.90. The van der Waals surface area contributed by atoms with Crippen LogP contribution in [0.5, 0.6) is 0 Å². The largest absolute Gasteiger partial charge is 0.293 e. The van der Waals surface area contributed by atoms with Crippen LogP contribution in [0.25, 0.3) is 0 Å². The number of ketones is 1. The maximum absolute atomic E-state index is 13.4. The predicted octanol–water partition coefficient (Wildman–Crippen LogP) is 2.13. The summed E-state index contributed by atoms with van der Waals surface area (Å²) in [7, 11) is -3.95. The SMILES string of the molecule is O=C(CNS(=O)(=O)c1ccc(F)cc1)c1ccccc1F. The molecule has 110 valence electrons. The molecule has 0 unspecified atom stereocenters. The third-order valence-corrected chi connectivity index (χ3v) is 4.14. The first-order valence-corrected chi connectivity index (χ1v) is 7.41. The summed E-state index contributed by atoms with van der Waals surface area (Å²) >= 11 is 0. The molecule has 1 N–H and O–H groups in total. The van der Waals surface area contributed by atoms with Crippen molar-refractivity contribution in [2.24, 2.45) is 0 Å². The molecule has 2 rings (SSSR count). The van der Waals surface area contributed by atoms with Crippen molar-refractivity contribution in [2.75, 3.05) is 6.54 Å². The Morgan fingerprint density at radius 3 is 2.24 bits per heavy atom. The van der Waals surface area contributed by atoms with E-state index < -0.39 is 34.0 Å². The fourth-order valence-corrected chi connectivity index (χ4v) is 2.62. The van der Waals surface area contributed by atoms with E-state index in [4.69, 9.17) is 0 Å². The Morgan fingerprint density at radius 1 is 1.00 bits per heavy atom. The van der Waals surface area contributed by atoms with E-state index in [0.717, 1.165) is 30.3 Å². The smallest absolute Gasteiger partial charge is 0.240 e. The molecule has 7 heteroatoms. The van der Waals surface area contributed by atoms with Gasteiger partial charge in [-0.15, -0.1) is 0 Å². The number of nitrogens with one attached hydrogen (secondary N) is 1. The summed E-state index contributed by atoms with van der Waals surface area (Å²) in [6, 6.07) is 9.42. The van der Waals surface area contributed by atoms with Crippen LogP contribution in [0.15, 0.2) is 53.4 Å². The lowest BCUT2D eigenvalue weighted by Crippen LogP contribution is -2.30. The molecular weight excluding hydrogens is 300 g/mol. The number of hydrogen-bond acceptors (Lipinski definition) is 3. The molecule has 0 spiro atoms. The summed E-state index contributed by atoms with van der Waals surface area (Å²) in [5, 5.41) is 0. The standard InChI is InChI=1S/C14H11F2NO3S/c15-10-5-7-11(8-6-10)21(19,20)17-9-14(18)12-3-1-2-4-13(12)16/h1-8,17H,9H2. The van der Waals surface area contributed by atoms with Gasteiger partial charge in [0.05, 0.1) is 17.0 Å². The number of carbonyl (C=O) groups excluding carboxylic acids is 1. The molecular formula is C14H11F2NO3S. The van der Waals surface area contributed by atoms with Gasteiger partial charge in [-0.3, -0.25) is 4.79 Å². The van der Waals surface area contributed by atoms with Gasteiger partial charge < -0.3 is 0 Å². The van der Waals surface area contributed by atoms with Gasteiger partial charge in [-0.25, -0.2) is 21.9 Å². The molecule has 2 aromatic rings. The van der Waals surface area contributed by atoms with Crippen molar-refractivity contribution < 1.29 is 22.0 Å². The molecule has 0 atom stereocenters. The summed E-state index contributed by atoms with van der Waals surface area (Å²) in [6.45, 7) is -0.583. The number of sulfonamides is 1. The number of carbonyl (C=O) groups is 1. The van der Waals surface area contributed by atoms with Crippen LogP contribution in [0.3, 0.4) is 0 Å². The van der Waals surface area contributed by atoms with Crippen molar-refractivity contribution in [1.29, 1.82) is 0 Å². The lowest BCUT2D eigenvalue weighted by atomic mass is 10.1. The van der Waals surface area contributed by atoms with Crippen LogP contribution in [0.1, 0.15) is 10.4 Å². The minimum absolute atomic E-state index is 0.176. The second kappa shape index (κ2) is 6.11. The number of rotatable bonds is 5. The third kappa shape index (κ3) is 3.71. The third-order valence-electron chi connectivity index (χ3n) is 2.72. The second-order valence-corrected chi connectivity index (χ2v) is 5.95. The monoisotopic (exact) mass is 311 g/mol. The molecule has 0 saturated heterocycles. The Morgan fingerprint density at radius 2 is 1.62 bits per heavy atom. The summed E-state index contributed by atoms with van der Waals surface area (Å²) in [5.41, 5.74) is -0.195. The van der Waals surface area contributed by atoms with Crippen molar-refractivity contribution in [2.45, 2.75) is 4.90 Å². The highest BCUT2D eigenvalue weighted by molar-refractivity contribution is 7.89. The summed E-state index contributed by atoms with van der Waals surface area (Å²) < 4.78 is 52.0. The molecule has 0 bridgehead atoms. The average molecular weight is 311 g/mol. The van der Waals surface area contributed by atoms with Crippen molar-refractivity contribution in [1.82, 2.24) is 4.72 Å². The molecule has 0 fully saturated rings. The minimum atomic E-state index is -3.95. The van der Waals surface area contributed by atoms with Gasteiger partial charge in [-0.2, -0.15) is 0 Å². The zero-order valence-electron chi connectivity index (χ0n) is 10.7. The minimum Gasteiger partial charge on any atom is -0.293 e. The molecule has 0 saturated carbocycles. The van der Waals surface area contributed by atoms with Gasteiger partial charge in [-0.1, -0.05) is 12.1 Å². The zero-order valence-corrected chi connectivity index (χ0v) is 11.5. The van der Waals surface area contributed by atoms with Crippen LogP contribution >= 0.6 is 0 Å². The van der Waals surface area contributed by atoms with Crippen LogP contribution in [0.2, 0.25) is 0 Å². The van der Waals surface area contributed by atoms with Crippen molar-refractivity contribution in [3.63, 3.8) is 0 Å². The Kier molecular flexibility index (Phi) is 4.44. The average Bonchev–Trinajstić information content (AvgIpc) is 2.46.